The highest BCUT2D eigenvalue weighted by atomic mass is 35.5. The third kappa shape index (κ3) is 3.94. The van der Waals surface area contributed by atoms with Gasteiger partial charge in [0.15, 0.2) is 11.2 Å². The van der Waals surface area contributed by atoms with Crippen LogP contribution in [-0.4, -0.2) is 51.7 Å². The number of alkyl halides is 1. The molecule has 0 radical (unpaired) electrons. The smallest absolute Gasteiger partial charge is 0.280 e. The molecule has 216 valence electrons. The summed E-state index contributed by atoms with van der Waals surface area (Å²) in [5.74, 6) is -0.0852. The fourth-order valence-electron chi connectivity index (χ4n) is 5.70. The summed E-state index contributed by atoms with van der Waals surface area (Å²) in [7, 11) is 1.47. The van der Waals surface area contributed by atoms with Gasteiger partial charge < -0.3 is 19.4 Å². The van der Waals surface area contributed by atoms with Crippen LogP contribution in [0.3, 0.4) is 0 Å². The topological polar surface area (TPSA) is 111 Å². The standard InChI is InChI=1S/C29H25Cl2FN6O4/c1-14(2)37-25-24(36-26(37)18-13-34-23(42-8-7-32)11-22(18)41-4)27(39)38(21-10-17(31)12-33-15(21)3)29(25)19-6-5-16(30)9-20(19)35-28(29)40/h5-6,9-14H,7-8H2,1-4H3,(H,35,40). The number of imidazole rings is 1. The zero-order valence-electron chi connectivity index (χ0n) is 23.0. The van der Waals surface area contributed by atoms with Crippen molar-refractivity contribution in [3.8, 4) is 23.0 Å². The SMILES string of the molecule is COc1cc(OCCF)ncc1-c1nc2c(n1C(C)C)C1(C(=O)Nc3cc(Cl)ccc31)N(c1cc(Cl)cnc1C)C2=O. The van der Waals surface area contributed by atoms with Gasteiger partial charge in [0.25, 0.3) is 11.8 Å². The van der Waals surface area contributed by atoms with Crippen LogP contribution in [0.15, 0.2) is 42.7 Å². The van der Waals surface area contributed by atoms with E-state index in [-0.39, 0.29) is 24.2 Å². The lowest BCUT2D eigenvalue weighted by Gasteiger charge is -2.36. The number of nitrogens with zero attached hydrogens (tertiary/aromatic N) is 5. The quantitative estimate of drug-likeness (QED) is 0.283. The molecule has 6 rings (SSSR count). The molecule has 3 aromatic heterocycles. The molecule has 42 heavy (non-hydrogen) atoms. The number of hydrogen-bond donors (Lipinski definition) is 1. The van der Waals surface area contributed by atoms with E-state index in [1.807, 2.05) is 18.4 Å². The van der Waals surface area contributed by atoms with Crippen molar-refractivity contribution >= 4 is 46.4 Å². The van der Waals surface area contributed by atoms with E-state index >= 15 is 0 Å². The Kier molecular flexibility index (Phi) is 6.81. The van der Waals surface area contributed by atoms with Gasteiger partial charge >= 0.3 is 0 Å². The first kappa shape index (κ1) is 27.9. The van der Waals surface area contributed by atoms with Crippen LogP contribution in [-0.2, 0) is 10.3 Å². The lowest BCUT2D eigenvalue weighted by Crippen LogP contribution is -2.51. The van der Waals surface area contributed by atoms with Crippen LogP contribution in [0.1, 0.15) is 47.3 Å². The fraction of sp³-hybridized carbons (Fsp3) is 0.276. The molecular weight excluding hydrogens is 586 g/mol. The normalized spacial score (nSPS) is 17.2. The zero-order valence-corrected chi connectivity index (χ0v) is 24.5. The molecule has 1 N–H and O–H groups in total. The minimum absolute atomic E-state index is 0.0795. The number of halogens is 3. The van der Waals surface area contributed by atoms with Crippen molar-refractivity contribution in [3.05, 3.63) is 75.4 Å². The number of rotatable bonds is 7. The first-order chi connectivity index (χ1) is 20.1. The van der Waals surface area contributed by atoms with Crippen LogP contribution in [0.5, 0.6) is 11.6 Å². The Morgan fingerprint density at radius 1 is 1.10 bits per heavy atom. The third-order valence-electron chi connectivity index (χ3n) is 7.36. The van der Waals surface area contributed by atoms with E-state index in [1.54, 1.807) is 31.2 Å². The van der Waals surface area contributed by atoms with Gasteiger partial charge in [0.1, 0.15) is 24.9 Å². The minimum Gasteiger partial charge on any atom is -0.496 e. The highest BCUT2D eigenvalue weighted by Crippen LogP contribution is 2.55. The number of anilines is 2. The number of benzene rings is 1. The number of carbonyl (C=O) groups is 2. The second kappa shape index (κ2) is 10.2. The van der Waals surface area contributed by atoms with Gasteiger partial charge in [-0.25, -0.2) is 14.4 Å². The Hall–Kier alpha value is -4.22. The summed E-state index contributed by atoms with van der Waals surface area (Å²) in [5.41, 5.74) is 1.11. The number of aromatic nitrogens is 4. The number of ether oxygens (including phenoxy) is 2. The first-order valence-corrected chi connectivity index (χ1v) is 13.8. The molecule has 1 aromatic carbocycles. The van der Waals surface area contributed by atoms with Gasteiger partial charge in [-0.2, -0.15) is 0 Å². The van der Waals surface area contributed by atoms with E-state index < -0.39 is 24.0 Å². The van der Waals surface area contributed by atoms with Crippen molar-refractivity contribution < 1.29 is 23.5 Å². The predicted octanol–water partition coefficient (Wildman–Crippen LogP) is 5.75. The molecule has 10 nitrogen and oxygen atoms in total. The average molecular weight is 611 g/mol. The van der Waals surface area contributed by atoms with E-state index in [1.165, 1.54) is 30.5 Å². The Bertz CT molecular complexity index is 1780. The molecule has 2 aliphatic rings. The Balaban J connectivity index is 1.67. The molecule has 1 spiro atoms. The number of fused-ring (bicyclic) bond motifs is 4. The Morgan fingerprint density at radius 2 is 1.88 bits per heavy atom. The fourth-order valence-corrected chi connectivity index (χ4v) is 6.03. The van der Waals surface area contributed by atoms with E-state index in [2.05, 4.69) is 15.3 Å². The summed E-state index contributed by atoms with van der Waals surface area (Å²) in [5, 5.41) is 3.66. The number of hydrogen-bond acceptors (Lipinski definition) is 7. The lowest BCUT2D eigenvalue weighted by molar-refractivity contribution is -0.119. The van der Waals surface area contributed by atoms with Crippen molar-refractivity contribution in [2.75, 3.05) is 30.6 Å². The minimum atomic E-state index is -1.66. The van der Waals surface area contributed by atoms with Crippen LogP contribution in [0, 0.1) is 6.92 Å². The molecule has 2 amide bonds. The monoisotopic (exact) mass is 610 g/mol. The summed E-state index contributed by atoms with van der Waals surface area (Å²) in [6.07, 6.45) is 2.97. The summed E-state index contributed by atoms with van der Waals surface area (Å²) >= 11 is 12.7. The van der Waals surface area contributed by atoms with Gasteiger partial charge in [0.2, 0.25) is 5.88 Å². The van der Waals surface area contributed by atoms with Gasteiger partial charge in [0, 0.05) is 40.8 Å². The zero-order chi connectivity index (χ0) is 29.9. The van der Waals surface area contributed by atoms with Crippen LogP contribution >= 0.6 is 23.2 Å². The summed E-state index contributed by atoms with van der Waals surface area (Å²) in [4.78, 5) is 43.7. The lowest BCUT2D eigenvalue weighted by atomic mass is 9.87. The number of methoxy groups -OCH3 is 1. The van der Waals surface area contributed by atoms with Crippen molar-refractivity contribution in [2.45, 2.75) is 32.4 Å². The molecular formula is C29H25Cl2FN6O4. The highest BCUT2D eigenvalue weighted by molar-refractivity contribution is 6.32. The first-order valence-electron chi connectivity index (χ1n) is 13.1. The Morgan fingerprint density at radius 3 is 2.60 bits per heavy atom. The van der Waals surface area contributed by atoms with E-state index in [9.17, 15) is 14.0 Å². The van der Waals surface area contributed by atoms with E-state index in [0.29, 0.717) is 55.5 Å². The molecule has 0 bridgehead atoms. The van der Waals surface area contributed by atoms with Gasteiger partial charge in [0.05, 0.1) is 34.8 Å². The van der Waals surface area contributed by atoms with Crippen molar-refractivity contribution in [3.63, 3.8) is 0 Å². The average Bonchev–Trinajstić information content (AvgIpc) is 3.57. The molecule has 1 atom stereocenters. The Labute approximate surface area is 250 Å². The maximum absolute atomic E-state index is 14.5. The molecule has 0 saturated carbocycles. The number of amides is 2. The second-order valence-corrected chi connectivity index (χ2v) is 11.0. The van der Waals surface area contributed by atoms with E-state index in [4.69, 9.17) is 37.7 Å². The summed E-state index contributed by atoms with van der Waals surface area (Å²) < 4.78 is 25.5. The van der Waals surface area contributed by atoms with Crippen LogP contribution in [0.4, 0.5) is 15.8 Å². The maximum Gasteiger partial charge on any atom is 0.280 e. The third-order valence-corrected chi connectivity index (χ3v) is 7.80. The molecule has 5 heterocycles. The number of carbonyl (C=O) groups excluding carboxylic acids is 2. The number of pyridine rings is 2. The molecule has 4 aromatic rings. The van der Waals surface area contributed by atoms with Crippen LogP contribution in [0.2, 0.25) is 10.0 Å². The van der Waals surface area contributed by atoms with Crippen molar-refractivity contribution in [1.82, 2.24) is 19.5 Å². The highest BCUT2D eigenvalue weighted by Gasteiger charge is 2.64. The summed E-state index contributed by atoms with van der Waals surface area (Å²) in [6, 6.07) is 7.91. The molecule has 1 unspecified atom stereocenters. The predicted molar refractivity (Wildman–Crippen MR) is 156 cm³/mol. The van der Waals surface area contributed by atoms with Crippen molar-refractivity contribution in [1.29, 1.82) is 0 Å². The molecule has 0 saturated heterocycles. The van der Waals surface area contributed by atoms with Gasteiger partial charge in [-0.15, -0.1) is 0 Å². The largest absolute Gasteiger partial charge is 0.496 e. The number of nitrogens with one attached hydrogen (secondary N) is 1. The molecule has 2 aliphatic heterocycles. The molecule has 0 fully saturated rings. The summed E-state index contributed by atoms with van der Waals surface area (Å²) in [6.45, 7) is 4.75. The molecule has 0 aliphatic carbocycles. The van der Waals surface area contributed by atoms with Gasteiger partial charge in [-0.1, -0.05) is 29.3 Å². The van der Waals surface area contributed by atoms with Gasteiger partial charge in [-0.3, -0.25) is 19.5 Å². The van der Waals surface area contributed by atoms with Crippen LogP contribution < -0.4 is 19.7 Å². The van der Waals surface area contributed by atoms with E-state index in [0.717, 1.165) is 0 Å². The van der Waals surface area contributed by atoms with Gasteiger partial charge in [-0.05, 0) is 39.0 Å². The van der Waals surface area contributed by atoms with Crippen molar-refractivity contribution in [2.24, 2.45) is 0 Å². The number of aryl methyl sites for hydroxylation is 1. The maximum atomic E-state index is 14.5. The second-order valence-electron chi connectivity index (χ2n) is 10.1. The van der Waals surface area contributed by atoms with Crippen LogP contribution in [0.25, 0.3) is 11.4 Å². The molecule has 13 heteroatoms.